The molecule has 0 unspecified atom stereocenters. The molecule has 0 atom stereocenters. The Labute approximate surface area is 118 Å². The molecule has 0 aliphatic rings. The number of likely N-dealkylation sites (N-methyl/N-ethyl adjacent to an activating group) is 1. The summed E-state index contributed by atoms with van der Waals surface area (Å²) in [7, 11) is 1.78. The zero-order valence-electron chi connectivity index (χ0n) is 12.0. The lowest BCUT2D eigenvalue weighted by Crippen LogP contribution is -2.30. The van der Waals surface area contributed by atoms with Crippen LogP contribution in [0.25, 0.3) is 0 Å². The average Bonchev–Trinajstić information content (AvgIpc) is 2.78. The summed E-state index contributed by atoms with van der Waals surface area (Å²) < 4.78 is 1.44. The van der Waals surface area contributed by atoms with Crippen LogP contribution in [0.3, 0.4) is 0 Å². The lowest BCUT2D eigenvalue weighted by molar-refractivity contribution is -0.131. The molecule has 2 N–H and O–H groups in total. The third-order valence-corrected chi connectivity index (χ3v) is 3.18. The van der Waals surface area contributed by atoms with Crippen molar-refractivity contribution in [1.82, 2.24) is 19.7 Å². The fraction of sp³-hybridized carbons (Fsp3) is 0.357. The molecule has 0 saturated heterocycles. The first-order valence-corrected chi connectivity index (χ1v) is 6.40. The summed E-state index contributed by atoms with van der Waals surface area (Å²) >= 11 is 0. The van der Waals surface area contributed by atoms with Crippen LogP contribution in [0.1, 0.15) is 16.7 Å². The smallest absolute Gasteiger partial charge is 0.244 e. The van der Waals surface area contributed by atoms with Gasteiger partial charge >= 0.3 is 0 Å². The lowest BCUT2D eigenvalue weighted by Gasteiger charge is -2.18. The normalized spacial score (nSPS) is 10.6. The maximum Gasteiger partial charge on any atom is 0.244 e. The van der Waals surface area contributed by atoms with E-state index in [9.17, 15) is 4.79 Å². The Hall–Kier alpha value is -2.37. The van der Waals surface area contributed by atoms with Crippen LogP contribution in [0.15, 0.2) is 24.5 Å². The second kappa shape index (κ2) is 5.73. The van der Waals surface area contributed by atoms with Crippen molar-refractivity contribution in [3.8, 4) is 0 Å². The first-order valence-electron chi connectivity index (χ1n) is 6.40. The number of carbonyl (C=O) groups excluding carboxylic acids is 1. The van der Waals surface area contributed by atoms with Crippen LogP contribution in [-0.4, -0.2) is 32.6 Å². The molecule has 1 amide bonds. The van der Waals surface area contributed by atoms with Gasteiger partial charge in [0.2, 0.25) is 11.9 Å². The van der Waals surface area contributed by atoms with E-state index in [-0.39, 0.29) is 18.4 Å². The standard InChI is InChI=1S/C14H19N5O/c1-10-4-5-12(11(2)6-10)7-18(3)13(20)8-19-9-16-14(15)17-19/h4-6,9H,7-8H2,1-3H3,(H2,15,17). The van der Waals surface area contributed by atoms with Gasteiger partial charge in [0, 0.05) is 13.6 Å². The van der Waals surface area contributed by atoms with Crippen LogP contribution in [0.5, 0.6) is 0 Å². The molecule has 0 aliphatic carbocycles. The second-order valence-electron chi connectivity index (χ2n) is 4.98. The minimum absolute atomic E-state index is 0.0325. The van der Waals surface area contributed by atoms with Crippen LogP contribution in [0.2, 0.25) is 0 Å². The molecule has 0 saturated carbocycles. The largest absolute Gasteiger partial charge is 0.367 e. The number of hydrogen-bond donors (Lipinski definition) is 1. The maximum absolute atomic E-state index is 12.1. The average molecular weight is 273 g/mol. The summed E-state index contributed by atoms with van der Waals surface area (Å²) in [4.78, 5) is 17.6. The summed E-state index contributed by atoms with van der Waals surface area (Å²) in [5.41, 5.74) is 8.97. The van der Waals surface area contributed by atoms with E-state index in [1.54, 1.807) is 11.9 Å². The minimum atomic E-state index is -0.0325. The first kappa shape index (κ1) is 14.0. The number of amides is 1. The molecular weight excluding hydrogens is 254 g/mol. The summed E-state index contributed by atoms with van der Waals surface area (Å²) in [6, 6.07) is 6.23. The predicted molar refractivity (Wildman–Crippen MR) is 76.8 cm³/mol. The molecule has 0 spiro atoms. The molecule has 2 rings (SSSR count). The van der Waals surface area contributed by atoms with Gasteiger partial charge in [0.05, 0.1) is 0 Å². The molecule has 6 nitrogen and oxygen atoms in total. The van der Waals surface area contributed by atoms with Gasteiger partial charge in [0.1, 0.15) is 12.9 Å². The van der Waals surface area contributed by atoms with E-state index in [2.05, 4.69) is 42.1 Å². The molecule has 6 heteroatoms. The number of nitrogens with zero attached hydrogens (tertiary/aromatic N) is 4. The molecule has 0 fully saturated rings. The lowest BCUT2D eigenvalue weighted by atomic mass is 10.1. The first-order chi connectivity index (χ1) is 9.45. The monoisotopic (exact) mass is 273 g/mol. The number of carbonyl (C=O) groups is 1. The van der Waals surface area contributed by atoms with Crippen molar-refractivity contribution in [2.24, 2.45) is 0 Å². The quantitative estimate of drug-likeness (QED) is 0.906. The highest BCUT2D eigenvalue weighted by Gasteiger charge is 2.12. The number of aryl methyl sites for hydroxylation is 2. The van der Waals surface area contributed by atoms with Crippen LogP contribution in [0, 0.1) is 13.8 Å². The van der Waals surface area contributed by atoms with E-state index in [1.807, 2.05) is 0 Å². The SMILES string of the molecule is Cc1ccc(CN(C)C(=O)Cn2cnc(N)n2)c(C)c1. The van der Waals surface area contributed by atoms with Gasteiger partial charge < -0.3 is 10.6 Å². The maximum atomic E-state index is 12.1. The zero-order valence-corrected chi connectivity index (χ0v) is 12.0. The van der Waals surface area contributed by atoms with Crippen LogP contribution in [0.4, 0.5) is 5.95 Å². The number of hydrogen-bond acceptors (Lipinski definition) is 4. The van der Waals surface area contributed by atoms with Gasteiger partial charge in [-0.15, -0.1) is 5.10 Å². The van der Waals surface area contributed by atoms with Gasteiger partial charge in [0.25, 0.3) is 0 Å². The number of aromatic nitrogens is 3. The van der Waals surface area contributed by atoms with Gasteiger partial charge in [-0.1, -0.05) is 23.8 Å². The summed E-state index contributed by atoms with van der Waals surface area (Å²) in [5.74, 6) is 0.143. The van der Waals surface area contributed by atoms with Gasteiger partial charge in [-0.2, -0.15) is 0 Å². The zero-order chi connectivity index (χ0) is 14.7. The predicted octanol–water partition coefficient (Wildman–Crippen LogP) is 1.14. The van der Waals surface area contributed by atoms with Crippen molar-refractivity contribution in [2.45, 2.75) is 26.9 Å². The van der Waals surface area contributed by atoms with E-state index in [4.69, 9.17) is 5.73 Å². The molecule has 1 aromatic heterocycles. The van der Waals surface area contributed by atoms with Crippen molar-refractivity contribution >= 4 is 11.9 Å². The Morgan fingerprint density at radius 1 is 1.40 bits per heavy atom. The fourth-order valence-electron chi connectivity index (χ4n) is 2.01. The Bertz CT molecular complexity index is 620. The number of nitrogen functional groups attached to an aromatic ring is 1. The summed E-state index contributed by atoms with van der Waals surface area (Å²) in [6.45, 7) is 4.83. The van der Waals surface area contributed by atoms with Gasteiger partial charge in [-0.25, -0.2) is 9.67 Å². The Morgan fingerprint density at radius 2 is 2.15 bits per heavy atom. The van der Waals surface area contributed by atoms with E-state index in [1.165, 1.54) is 22.1 Å². The van der Waals surface area contributed by atoms with Gasteiger partial charge in [-0.3, -0.25) is 4.79 Å². The van der Waals surface area contributed by atoms with E-state index >= 15 is 0 Å². The summed E-state index contributed by atoms with van der Waals surface area (Å²) in [6.07, 6.45) is 1.46. The summed E-state index contributed by atoms with van der Waals surface area (Å²) in [5, 5.41) is 3.91. The molecule has 0 radical (unpaired) electrons. The fourth-order valence-corrected chi connectivity index (χ4v) is 2.01. The number of nitrogens with two attached hydrogens (primary N) is 1. The van der Waals surface area contributed by atoms with Crippen molar-refractivity contribution in [2.75, 3.05) is 12.8 Å². The second-order valence-corrected chi connectivity index (χ2v) is 4.98. The molecule has 0 bridgehead atoms. The highest BCUT2D eigenvalue weighted by atomic mass is 16.2. The molecule has 0 aliphatic heterocycles. The van der Waals surface area contributed by atoms with Crippen molar-refractivity contribution in [3.05, 3.63) is 41.2 Å². The highest BCUT2D eigenvalue weighted by Crippen LogP contribution is 2.12. The van der Waals surface area contributed by atoms with E-state index in [0.717, 1.165) is 5.56 Å². The Kier molecular flexibility index (Phi) is 4.02. The van der Waals surface area contributed by atoms with Crippen LogP contribution in [-0.2, 0) is 17.9 Å². The van der Waals surface area contributed by atoms with Crippen LogP contribution >= 0.6 is 0 Å². The minimum Gasteiger partial charge on any atom is -0.367 e. The van der Waals surface area contributed by atoms with Gasteiger partial charge in [-0.05, 0) is 25.0 Å². The van der Waals surface area contributed by atoms with Gasteiger partial charge in [0.15, 0.2) is 0 Å². The molecule has 106 valence electrons. The molecular formula is C14H19N5O. The number of rotatable bonds is 4. The molecule has 2 aromatic rings. The number of anilines is 1. The highest BCUT2D eigenvalue weighted by molar-refractivity contribution is 5.75. The van der Waals surface area contributed by atoms with Crippen LogP contribution < -0.4 is 5.73 Å². The molecule has 1 heterocycles. The van der Waals surface area contributed by atoms with Crippen molar-refractivity contribution < 1.29 is 4.79 Å². The molecule has 1 aromatic carbocycles. The third-order valence-electron chi connectivity index (χ3n) is 3.18. The van der Waals surface area contributed by atoms with Crippen molar-refractivity contribution in [1.29, 1.82) is 0 Å². The molecule has 20 heavy (non-hydrogen) atoms. The van der Waals surface area contributed by atoms with Crippen molar-refractivity contribution in [3.63, 3.8) is 0 Å². The Morgan fingerprint density at radius 3 is 2.75 bits per heavy atom. The van der Waals surface area contributed by atoms with E-state index < -0.39 is 0 Å². The number of benzene rings is 1. The third kappa shape index (κ3) is 3.34. The Balaban J connectivity index is 2.00. The van der Waals surface area contributed by atoms with E-state index in [0.29, 0.717) is 6.54 Å². The topological polar surface area (TPSA) is 77.0 Å².